The number of benzene rings is 1. The lowest BCUT2D eigenvalue weighted by Gasteiger charge is -2.10. The van der Waals surface area contributed by atoms with Gasteiger partial charge in [0.05, 0.1) is 5.92 Å². The second-order valence-corrected chi connectivity index (χ2v) is 3.64. The maximum absolute atomic E-state index is 13.0. The number of carboxylic acids is 1. The first-order chi connectivity index (χ1) is 6.99. The molecule has 0 aliphatic carbocycles. The van der Waals surface area contributed by atoms with E-state index < -0.39 is 11.9 Å². The summed E-state index contributed by atoms with van der Waals surface area (Å²) in [5.41, 5.74) is 1.42. The molecule has 1 rings (SSSR count). The Bertz CT molecular complexity index is 345. The number of nitrogens with one attached hydrogen (secondary N) is 1. The zero-order chi connectivity index (χ0) is 11.4. The lowest BCUT2D eigenvalue weighted by molar-refractivity contribution is -0.140. The number of carboxylic acid groups (broad SMARTS) is 1. The lowest BCUT2D eigenvalue weighted by atomic mass is 10.1. The summed E-state index contributed by atoms with van der Waals surface area (Å²) in [4.78, 5) is 10.5. The third-order valence-corrected chi connectivity index (χ3v) is 2.08. The van der Waals surface area contributed by atoms with Gasteiger partial charge in [-0.2, -0.15) is 0 Å². The number of carbonyl (C=O) groups is 1. The van der Waals surface area contributed by atoms with Crippen LogP contribution in [-0.4, -0.2) is 17.6 Å². The van der Waals surface area contributed by atoms with Crippen LogP contribution in [0.4, 0.5) is 10.1 Å². The Morgan fingerprint density at radius 3 is 2.73 bits per heavy atom. The first kappa shape index (κ1) is 11.5. The van der Waals surface area contributed by atoms with Crippen molar-refractivity contribution in [3.63, 3.8) is 0 Å². The molecule has 0 saturated carbocycles. The number of hydrogen-bond acceptors (Lipinski definition) is 2. The maximum atomic E-state index is 13.0. The molecule has 1 aromatic carbocycles. The monoisotopic (exact) mass is 211 g/mol. The number of rotatable bonds is 4. The molecule has 82 valence electrons. The molecule has 2 N–H and O–H groups in total. The Kier molecular flexibility index (Phi) is 3.66. The van der Waals surface area contributed by atoms with Crippen molar-refractivity contribution in [1.29, 1.82) is 0 Å². The van der Waals surface area contributed by atoms with Crippen LogP contribution >= 0.6 is 0 Å². The Morgan fingerprint density at radius 2 is 2.20 bits per heavy atom. The highest BCUT2D eigenvalue weighted by molar-refractivity contribution is 5.70. The normalized spacial score (nSPS) is 12.2. The Hall–Kier alpha value is -1.58. The van der Waals surface area contributed by atoms with Gasteiger partial charge in [-0.25, -0.2) is 4.39 Å². The molecule has 0 bridgehead atoms. The number of aryl methyl sites for hydroxylation is 1. The van der Waals surface area contributed by atoms with E-state index in [-0.39, 0.29) is 12.4 Å². The van der Waals surface area contributed by atoms with Gasteiger partial charge in [-0.05, 0) is 30.7 Å². The smallest absolute Gasteiger partial charge is 0.308 e. The van der Waals surface area contributed by atoms with Crippen LogP contribution in [0.3, 0.4) is 0 Å². The predicted molar refractivity (Wildman–Crippen MR) is 56.4 cm³/mol. The van der Waals surface area contributed by atoms with Crippen LogP contribution in [0, 0.1) is 18.7 Å². The van der Waals surface area contributed by atoms with Crippen molar-refractivity contribution in [1.82, 2.24) is 0 Å². The van der Waals surface area contributed by atoms with Gasteiger partial charge in [0, 0.05) is 12.2 Å². The molecule has 0 fully saturated rings. The molecule has 0 aliphatic heterocycles. The zero-order valence-electron chi connectivity index (χ0n) is 8.75. The maximum Gasteiger partial charge on any atom is 0.308 e. The molecule has 15 heavy (non-hydrogen) atoms. The van der Waals surface area contributed by atoms with Crippen LogP contribution in [-0.2, 0) is 4.79 Å². The number of halogens is 1. The van der Waals surface area contributed by atoms with Gasteiger partial charge in [-0.1, -0.05) is 6.92 Å². The van der Waals surface area contributed by atoms with E-state index in [4.69, 9.17) is 5.11 Å². The molecule has 4 heteroatoms. The number of hydrogen-bond donors (Lipinski definition) is 2. The molecule has 0 aromatic heterocycles. The molecule has 1 unspecified atom stereocenters. The summed E-state index contributed by atoms with van der Waals surface area (Å²) in [5, 5.41) is 11.5. The summed E-state index contributed by atoms with van der Waals surface area (Å²) in [5.74, 6) is -1.68. The first-order valence-corrected chi connectivity index (χ1v) is 4.73. The minimum atomic E-state index is -0.865. The SMILES string of the molecule is Cc1cc(F)cc(NCC(C)C(=O)O)c1. The fraction of sp³-hybridized carbons (Fsp3) is 0.364. The van der Waals surface area contributed by atoms with Crippen molar-refractivity contribution in [2.45, 2.75) is 13.8 Å². The molecule has 0 amide bonds. The molecule has 0 spiro atoms. The van der Waals surface area contributed by atoms with Gasteiger partial charge in [0.25, 0.3) is 0 Å². The highest BCUT2D eigenvalue weighted by Gasteiger charge is 2.10. The molecular weight excluding hydrogens is 197 g/mol. The highest BCUT2D eigenvalue weighted by atomic mass is 19.1. The molecule has 0 saturated heterocycles. The van der Waals surface area contributed by atoms with E-state index in [0.29, 0.717) is 5.69 Å². The van der Waals surface area contributed by atoms with Gasteiger partial charge in [0.15, 0.2) is 0 Å². The van der Waals surface area contributed by atoms with Crippen molar-refractivity contribution in [2.24, 2.45) is 5.92 Å². The minimum absolute atomic E-state index is 0.290. The van der Waals surface area contributed by atoms with Crippen molar-refractivity contribution < 1.29 is 14.3 Å². The van der Waals surface area contributed by atoms with Crippen molar-refractivity contribution in [3.05, 3.63) is 29.6 Å². The Labute approximate surface area is 87.9 Å². The van der Waals surface area contributed by atoms with Gasteiger partial charge in [0.1, 0.15) is 5.82 Å². The first-order valence-electron chi connectivity index (χ1n) is 4.73. The quantitative estimate of drug-likeness (QED) is 0.803. The fourth-order valence-corrected chi connectivity index (χ4v) is 1.20. The molecular formula is C11H14FNO2. The van der Waals surface area contributed by atoms with Crippen LogP contribution < -0.4 is 5.32 Å². The molecule has 0 radical (unpaired) electrons. The third-order valence-electron chi connectivity index (χ3n) is 2.08. The molecule has 0 aliphatic rings. The number of anilines is 1. The van der Waals surface area contributed by atoms with Crippen LogP contribution in [0.5, 0.6) is 0 Å². The van der Waals surface area contributed by atoms with E-state index in [9.17, 15) is 9.18 Å². The van der Waals surface area contributed by atoms with Crippen LogP contribution in [0.15, 0.2) is 18.2 Å². The number of aliphatic carboxylic acids is 1. The van der Waals surface area contributed by atoms with Gasteiger partial charge in [-0.3, -0.25) is 4.79 Å². The van der Waals surface area contributed by atoms with E-state index in [0.717, 1.165) is 5.56 Å². The van der Waals surface area contributed by atoms with E-state index in [1.54, 1.807) is 19.9 Å². The third kappa shape index (κ3) is 3.58. The summed E-state index contributed by atoms with van der Waals surface area (Å²) >= 11 is 0. The fourth-order valence-electron chi connectivity index (χ4n) is 1.20. The van der Waals surface area contributed by atoms with E-state index in [2.05, 4.69) is 5.32 Å². The molecule has 1 atom stereocenters. The van der Waals surface area contributed by atoms with E-state index >= 15 is 0 Å². The molecule has 0 heterocycles. The lowest BCUT2D eigenvalue weighted by Crippen LogP contribution is -2.19. The molecule has 1 aromatic rings. The average molecular weight is 211 g/mol. The second kappa shape index (κ2) is 4.77. The largest absolute Gasteiger partial charge is 0.481 e. The van der Waals surface area contributed by atoms with E-state index in [1.165, 1.54) is 12.1 Å². The Balaban J connectivity index is 2.61. The van der Waals surface area contributed by atoms with Gasteiger partial charge in [0.2, 0.25) is 0 Å². The van der Waals surface area contributed by atoms with Crippen molar-refractivity contribution >= 4 is 11.7 Å². The summed E-state index contributed by atoms with van der Waals surface area (Å²) < 4.78 is 13.0. The zero-order valence-corrected chi connectivity index (χ0v) is 8.75. The van der Waals surface area contributed by atoms with Crippen LogP contribution in [0.25, 0.3) is 0 Å². The second-order valence-electron chi connectivity index (χ2n) is 3.64. The minimum Gasteiger partial charge on any atom is -0.481 e. The highest BCUT2D eigenvalue weighted by Crippen LogP contribution is 2.13. The van der Waals surface area contributed by atoms with Gasteiger partial charge < -0.3 is 10.4 Å². The molecule has 3 nitrogen and oxygen atoms in total. The Morgan fingerprint density at radius 1 is 1.53 bits per heavy atom. The van der Waals surface area contributed by atoms with Gasteiger partial charge >= 0.3 is 5.97 Å². The summed E-state index contributed by atoms with van der Waals surface area (Å²) in [7, 11) is 0. The summed E-state index contributed by atoms with van der Waals surface area (Å²) in [6.07, 6.45) is 0. The standard InChI is InChI=1S/C11H14FNO2/c1-7-3-9(12)5-10(4-7)13-6-8(2)11(14)15/h3-5,8,13H,6H2,1-2H3,(H,14,15). The van der Waals surface area contributed by atoms with Crippen molar-refractivity contribution in [2.75, 3.05) is 11.9 Å². The van der Waals surface area contributed by atoms with Crippen molar-refractivity contribution in [3.8, 4) is 0 Å². The topological polar surface area (TPSA) is 49.3 Å². The summed E-state index contributed by atoms with van der Waals surface area (Å²) in [6.45, 7) is 3.68. The van der Waals surface area contributed by atoms with Gasteiger partial charge in [-0.15, -0.1) is 0 Å². The average Bonchev–Trinajstić information content (AvgIpc) is 2.12. The van der Waals surface area contributed by atoms with Crippen LogP contribution in [0.2, 0.25) is 0 Å². The van der Waals surface area contributed by atoms with E-state index in [1.807, 2.05) is 0 Å². The summed E-state index contributed by atoms with van der Waals surface area (Å²) in [6, 6.07) is 4.55. The van der Waals surface area contributed by atoms with Crippen LogP contribution in [0.1, 0.15) is 12.5 Å². The predicted octanol–water partition coefficient (Wildman–Crippen LogP) is 2.27.